The standard InChI is InChI=1S/C22H20F2N8O2/c1-13-27-19(30-34-13)21(2,33)7-5-14-3-4-15-16(10-31-11-22(23,24)12-31)29-32(17(15)9-14)18-6-8-26-20(25)28-18/h3-4,6,8-9,33H,10-12H2,1-2H3,(H2,25,26,28)/t21-/m1/s1. The molecule has 5 rings (SSSR count). The van der Waals surface area contributed by atoms with Gasteiger partial charge in [-0.15, -0.1) is 0 Å². The van der Waals surface area contributed by atoms with E-state index < -0.39 is 11.5 Å². The molecule has 0 spiro atoms. The molecule has 0 bridgehead atoms. The number of nitrogen functional groups attached to an aromatic ring is 1. The van der Waals surface area contributed by atoms with E-state index in [1.54, 1.807) is 34.7 Å². The molecule has 1 saturated heterocycles. The van der Waals surface area contributed by atoms with Crippen LogP contribution in [0.2, 0.25) is 0 Å². The highest BCUT2D eigenvalue weighted by molar-refractivity contribution is 5.84. The van der Waals surface area contributed by atoms with E-state index in [0.717, 1.165) is 5.39 Å². The minimum Gasteiger partial charge on any atom is -0.371 e. The first kappa shape index (κ1) is 21.9. The number of likely N-dealkylation sites (tertiary alicyclic amines) is 1. The number of nitrogens with zero attached hydrogens (tertiary/aromatic N) is 7. The molecule has 1 aromatic carbocycles. The summed E-state index contributed by atoms with van der Waals surface area (Å²) in [6.45, 7) is 2.73. The van der Waals surface area contributed by atoms with Gasteiger partial charge >= 0.3 is 0 Å². The Labute approximate surface area is 192 Å². The number of aryl methyl sites for hydroxylation is 1. The third-order valence-electron chi connectivity index (χ3n) is 5.33. The second-order valence-corrected chi connectivity index (χ2v) is 8.32. The van der Waals surface area contributed by atoms with Gasteiger partial charge < -0.3 is 15.4 Å². The van der Waals surface area contributed by atoms with E-state index in [-0.39, 0.29) is 31.4 Å². The summed E-state index contributed by atoms with van der Waals surface area (Å²) < 4.78 is 33.2. The fraction of sp³-hybridized carbons (Fsp3) is 0.318. The molecule has 34 heavy (non-hydrogen) atoms. The minimum absolute atomic E-state index is 0.0636. The number of anilines is 1. The molecular weight excluding hydrogens is 446 g/mol. The van der Waals surface area contributed by atoms with Gasteiger partial charge in [-0.1, -0.05) is 17.0 Å². The normalized spacial score (nSPS) is 17.1. The van der Waals surface area contributed by atoms with Crippen LogP contribution < -0.4 is 5.73 Å². The number of aromatic nitrogens is 6. The molecule has 174 valence electrons. The van der Waals surface area contributed by atoms with Crippen LogP contribution in [0.1, 0.15) is 29.9 Å². The van der Waals surface area contributed by atoms with Crippen molar-refractivity contribution in [2.45, 2.75) is 31.9 Å². The largest absolute Gasteiger partial charge is 0.371 e. The average molecular weight is 466 g/mol. The van der Waals surface area contributed by atoms with E-state index in [1.807, 2.05) is 6.07 Å². The summed E-state index contributed by atoms with van der Waals surface area (Å²) in [5.74, 6) is 3.90. The molecule has 0 unspecified atom stereocenters. The maximum atomic E-state index is 13.3. The maximum absolute atomic E-state index is 13.3. The Morgan fingerprint density at radius 2 is 2.06 bits per heavy atom. The summed E-state index contributed by atoms with van der Waals surface area (Å²) >= 11 is 0. The Morgan fingerprint density at radius 1 is 1.26 bits per heavy atom. The number of aliphatic hydroxyl groups is 1. The minimum atomic E-state index is -2.67. The molecule has 10 nitrogen and oxygen atoms in total. The second kappa shape index (κ2) is 7.82. The third kappa shape index (κ3) is 4.18. The van der Waals surface area contributed by atoms with Crippen molar-refractivity contribution in [3.8, 4) is 17.7 Å². The van der Waals surface area contributed by atoms with Crippen molar-refractivity contribution in [1.29, 1.82) is 0 Å². The van der Waals surface area contributed by atoms with Crippen LogP contribution in [0.5, 0.6) is 0 Å². The molecule has 1 fully saturated rings. The number of alkyl halides is 2. The van der Waals surface area contributed by atoms with Gasteiger partial charge in [-0.3, -0.25) is 4.90 Å². The molecule has 3 aromatic heterocycles. The van der Waals surface area contributed by atoms with Crippen molar-refractivity contribution in [2.75, 3.05) is 18.8 Å². The summed E-state index contributed by atoms with van der Waals surface area (Å²) in [5, 5.41) is 19.8. The molecule has 1 aliphatic rings. The molecular formula is C22H20F2N8O2. The van der Waals surface area contributed by atoms with Crippen molar-refractivity contribution in [3.63, 3.8) is 0 Å². The van der Waals surface area contributed by atoms with Gasteiger partial charge in [0.05, 0.1) is 24.3 Å². The second-order valence-electron chi connectivity index (χ2n) is 8.32. The zero-order valence-corrected chi connectivity index (χ0v) is 18.3. The predicted octanol–water partition coefficient (Wildman–Crippen LogP) is 1.80. The van der Waals surface area contributed by atoms with Crippen LogP contribution >= 0.6 is 0 Å². The highest BCUT2D eigenvalue weighted by Crippen LogP contribution is 2.30. The van der Waals surface area contributed by atoms with Crippen LogP contribution in [0.4, 0.5) is 14.7 Å². The Bertz CT molecular complexity index is 1440. The van der Waals surface area contributed by atoms with Crippen molar-refractivity contribution in [1.82, 2.24) is 34.8 Å². The van der Waals surface area contributed by atoms with Gasteiger partial charge in [0, 0.05) is 36.7 Å². The van der Waals surface area contributed by atoms with E-state index in [2.05, 4.69) is 37.0 Å². The first-order valence-electron chi connectivity index (χ1n) is 10.4. The molecule has 0 saturated carbocycles. The topological polar surface area (TPSA) is 132 Å². The van der Waals surface area contributed by atoms with Crippen molar-refractivity contribution >= 4 is 16.9 Å². The van der Waals surface area contributed by atoms with Crippen LogP contribution in [0.25, 0.3) is 16.7 Å². The van der Waals surface area contributed by atoms with Crippen molar-refractivity contribution in [2.24, 2.45) is 0 Å². The van der Waals surface area contributed by atoms with Crippen LogP contribution in [-0.2, 0) is 12.1 Å². The number of halogens is 2. The Hall–Kier alpha value is -3.95. The molecule has 1 aliphatic heterocycles. The Balaban J connectivity index is 1.54. The third-order valence-corrected chi connectivity index (χ3v) is 5.33. The summed E-state index contributed by atoms with van der Waals surface area (Å²) in [5.41, 5.74) is 5.98. The first-order chi connectivity index (χ1) is 16.1. The molecule has 3 N–H and O–H groups in total. The molecule has 1 atom stereocenters. The van der Waals surface area contributed by atoms with Crippen LogP contribution in [-0.4, -0.2) is 58.9 Å². The zero-order valence-electron chi connectivity index (χ0n) is 18.3. The van der Waals surface area contributed by atoms with Gasteiger partial charge in [-0.2, -0.15) is 15.1 Å². The Morgan fingerprint density at radius 3 is 2.74 bits per heavy atom. The number of hydrogen-bond donors (Lipinski definition) is 2. The Kier molecular flexibility index (Phi) is 5.03. The smallest absolute Gasteiger partial charge is 0.272 e. The fourth-order valence-electron chi connectivity index (χ4n) is 3.71. The van der Waals surface area contributed by atoms with Crippen molar-refractivity contribution < 1.29 is 18.4 Å². The van der Waals surface area contributed by atoms with Crippen LogP contribution in [0, 0.1) is 18.8 Å². The van der Waals surface area contributed by atoms with Gasteiger partial charge in [-0.05, 0) is 25.1 Å². The monoisotopic (exact) mass is 466 g/mol. The van der Waals surface area contributed by atoms with E-state index in [9.17, 15) is 13.9 Å². The quantitative estimate of drug-likeness (QED) is 0.432. The molecule has 4 aromatic rings. The van der Waals surface area contributed by atoms with Gasteiger partial charge in [-0.25, -0.2) is 18.4 Å². The molecule has 0 amide bonds. The molecule has 0 radical (unpaired) electrons. The highest BCUT2D eigenvalue weighted by Gasteiger charge is 2.44. The van der Waals surface area contributed by atoms with Gasteiger partial charge in [0.2, 0.25) is 17.7 Å². The summed E-state index contributed by atoms with van der Waals surface area (Å²) in [7, 11) is 0. The lowest BCUT2D eigenvalue weighted by Crippen LogP contribution is -2.55. The lowest BCUT2D eigenvalue weighted by molar-refractivity contribution is -0.134. The van der Waals surface area contributed by atoms with Gasteiger partial charge in [0.25, 0.3) is 5.92 Å². The number of benzene rings is 1. The van der Waals surface area contributed by atoms with E-state index >= 15 is 0 Å². The zero-order chi connectivity index (χ0) is 24.1. The number of rotatable bonds is 4. The first-order valence-corrected chi connectivity index (χ1v) is 10.4. The van der Waals surface area contributed by atoms with E-state index in [0.29, 0.717) is 28.5 Å². The van der Waals surface area contributed by atoms with Crippen LogP contribution in [0.15, 0.2) is 35.0 Å². The van der Waals surface area contributed by atoms with Gasteiger partial charge in [0.15, 0.2) is 11.4 Å². The molecule has 4 heterocycles. The summed E-state index contributed by atoms with van der Waals surface area (Å²) in [6.07, 6.45) is 1.51. The summed E-state index contributed by atoms with van der Waals surface area (Å²) in [4.78, 5) is 13.8. The average Bonchev–Trinajstić information content (AvgIpc) is 3.35. The predicted molar refractivity (Wildman–Crippen MR) is 117 cm³/mol. The lowest BCUT2D eigenvalue weighted by Gasteiger charge is -2.38. The highest BCUT2D eigenvalue weighted by atomic mass is 19.3. The van der Waals surface area contributed by atoms with Crippen LogP contribution in [0.3, 0.4) is 0 Å². The summed E-state index contributed by atoms with van der Waals surface area (Å²) in [6, 6.07) is 7.00. The van der Waals surface area contributed by atoms with E-state index in [1.165, 1.54) is 13.1 Å². The number of hydrogen-bond acceptors (Lipinski definition) is 9. The van der Waals surface area contributed by atoms with Gasteiger partial charge in [0.1, 0.15) is 0 Å². The van der Waals surface area contributed by atoms with Crippen molar-refractivity contribution in [3.05, 3.63) is 53.4 Å². The molecule has 0 aliphatic carbocycles. The SMILES string of the molecule is Cc1nc([C@](C)(O)C#Cc2ccc3c(CN4CC(F)(F)C4)nn(-c4ccnc(N)n4)c3c2)no1. The fourth-order valence-corrected chi connectivity index (χ4v) is 3.71. The number of nitrogens with two attached hydrogens (primary N) is 1. The van der Waals surface area contributed by atoms with E-state index in [4.69, 9.17) is 10.3 Å². The number of fused-ring (bicyclic) bond motifs is 1. The lowest BCUT2D eigenvalue weighted by atomic mass is 10.1. The maximum Gasteiger partial charge on any atom is 0.272 e. The molecule has 12 heteroatoms.